The number of ether oxygens (including phenoxy) is 1. The lowest BCUT2D eigenvalue weighted by molar-refractivity contribution is 0.306. The number of rotatable bonds is 6. The number of benzene rings is 2. The van der Waals surface area contributed by atoms with Gasteiger partial charge in [0.15, 0.2) is 0 Å². The zero-order valence-corrected chi connectivity index (χ0v) is 13.3. The first-order valence-electron chi connectivity index (χ1n) is 7.15. The average molecular weight is 310 g/mol. The molecule has 0 unspecified atom stereocenters. The molecule has 0 bridgehead atoms. The van der Waals surface area contributed by atoms with Crippen LogP contribution >= 0.6 is 11.8 Å². The zero-order chi connectivity index (χ0) is 15.2. The second-order valence-corrected chi connectivity index (χ2v) is 5.83. The van der Waals surface area contributed by atoms with Gasteiger partial charge in [-0.1, -0.05) is 30.3 Å². The summed E-state index contributed by atoms with van der Waals surface area (Å²) >= 11 is 1.79. The molecule has 1 aromatic heterocycles. The number of thioether (sulfide) groups is 1. The predicted molar refractivity (Wildman–Crippen MR) is 92.0 cm³/mol. The highest BCUT2D eigenvalue weighted by atomic mass is 32.2. The van der Waals surface area contributed by atoms with Crippen molar-refractivity contribution in [3.8, 4) is 17.1 Å². The van der Waals surface area contributed by atoms with Crippen molar-refractivity contribution >= 4 is 11.8 Å². The minimum absolute atomic E-state index is 0.583. The second-order valence-electron chi connectivity index (χ2n) is 4.96. The molecule has 3 aromatic rings. The van der Waals surface area contributed by atoms with Gasteiger partial charge in [-0.05, 0) is 35.6 Å². The van der Waals surface area contributed by atoms with Crippen LogP contribution in [0.2, 0.25) is 0 Å². The minimum atomic E-state index is 0.583. The summed E-state index contributed by atoms with van der Waals surface area (Å²) in [5, 5.41) is 0. The molecule has 0 saturated heterocycles. The molecule has 0 aliphatic rings. The SMILES string of the molecule is CSCc1cc(OCc2ccccc2)ccc1-c1ncc[nH]1. The number of nitrogens with zero attached hydrogens (tertiary/aromatic N) is 1. The molecule has 3 rings (SSSR count). The van der Waals surface area contributed by atoms with Crippen LogP contribution in [0.3, 0.4) is 0 Å². The van der Waals surface area contributed by atoms with Crippen LogP contribution in [0.4, 0.5) is 0 Å². The first kappa shape index (κ1) is 14.7. The first-order chi connectivity index (χ1) is 10.9. The summed E-state index contributed by atoms with van der Waals surface area (Å²) in [5.41, 5.74) is 3.53. The lowest BCUT2D eigenvalue weighted by Crippen LogP contribution is -1.97. The van der Waals surface area contributed by atoms with E-state index < -0.39 is 0 Å². The third-order valence-electron chi connectivity index (χ3n) is 3.38. The van der Waals surface area contributed by atoms with E-state index in [1.165, 1.54) is 11.1 Å². The van der Waals surface area contributed by atoms with Crippen molar-refractivity contribution in [3.05, 3.63) is 72.1 Å². The lowest BCUT2D eigenvalue weighted by atomic mass is 10.1. The van der Waals surface area contributed by atoms with E-state index >= 15 is 0 Å². The van der Waals surface area contributed by atoms with E-state index in [-0.39, 0.29) is 0 Å². The Balaban J connectivity index is 1.80. The summed E-state index contributed by atoms with van der Waals surface area (Å²) in [6.45, 7) is 0.583. The Labute approximate surface area is 134 Å². The molecule has 0 atom stereocenters. The quantitative estimate of drug-likeness (QED) is 0.727. The van der Waals surface area contributed by atoms with E-state index in [0.29, 0.717) is 6.61 Å². The fourth-order valence-corrected chi connectivity index (χ4v) is 2.87. The largest absolute Gasteiger partial charge is 0.489 e. The van der Waals surface area contributed by atoms with Crippen LogP contribution in [0.5, 0.6) is 5.75 Å². The predicted octanol–water partition coefficient (Wildman–Crippen LogP) is 4.52. The smallest absolute Gasteiger partial charge is 0.137 e. The van der Waals surface area contributed by atoms with Crippen molar-refractivity contribution in [2.75, 3.05) is 6.26 Å². The number of hydrogen-bond donors (Lipinski definition) is 1. The van der Waals surface area contributed by atoms with Crippen LogP contribution < -0.4 is 4.74 Å². The zero-order valence-electron chi connectivity index (χ0n) is 12.5. The van der Waals surface area contributed by atoms with Crippen molar-refractivity contribution in [2.45, 2.75) is 12.4 Å². The molecule has 2 aromatic carbocycles. The highest BCUT2D eigenvalue weighted by molar-refractivity contribution is 7.97. The summed E-state index contributed by atoms with van der Waals surface area (Å²) in [6, 6.07) is 16.4. The number of H-pyrrole nitrogens is 1. The third-order valence-corrected chi connectivity index (χ3v) is 3.98. The third kappa shape index (κ3) is 3.52. The molecule has 0 aliphatic carbocycles. The highest BCUT2D eigenvalue weighted by Gasteiger charge is 2.09. The van der Waals surface area contributed by atoms with E-state index in [1.807, 2.05) is 30.5 Å². The molecule has 22 heavy (non-hydrogen) atoms. The van der Waals surface area contributed by atoms with Gasteiger partial charge >= 0.3 is 0 Å². The van der Waals surface area contributed by atoms with E-state index in [9.17, 15) is 0 Å². The normalized spacial score (nSPS) is 10.6. The van der Waals surface area contributed by atoms with Gasteiger partial charge in [-0.25, -0.2) is 4.98 Å². The van der Waals surface area contributed by atoms with Crippen molar-refractivity contribution in [1.82, 2.24) is 9.97 Å². The van der Waals surface area contributed by atoms with Crippen LogP contribution in [0.15, 0.2) is 60.9 Å². The minimum Gasteiger partial charge on any atom is -0.489 e. The monoisotopic (exact) mass is 310 g/mol. The fraction of sp³-hybridized carbons (Fsp3) is 0.167. The van der Waals surface area contributed by atoms with Crippen LogP contribution in [0.1, 0.15) is 11.1 Å². The summed E-state index contributed by atoms with van der Waals surface area (Å²) in [5.74, 6) is 2.72. The number of hydrogen-bond acceptors (Lipinski definition) is 3. The van der Waals surface area contributed by atoms with Gasteiger partial charge in [0.25, 0.3) is 0 Å². The number of imidazole rings is 1. The van der Waals surface area contributed by atoms with Crippen LogP contribution in [-0.2, 0) is 12.4 Å². The van der Waals surface area contributed by atoms with Crippen molar-refractivity contribution in [3.63, 3.8) is 0 Å². The van der Waals surface area contributed by atoms with E-state index in [4.69, 9.17) is 4.74 Å². The molecular formula is C18H18N2OS. The van der Waals surface area contributed by atoms with Gasteiger partial charge < -0.3 is 9.72 Å². The van der Waals surface area contributed by atoms with Crippen LogP contribution in [0.25, 0.3) is 11.4 Å². The number of nitrogens with one attached hydrogen (secondary N) is 1. The van der Waals surface area contributed by atoms with E-state index in [2.05, 4.69) is 40.5 Å². The first-order valence-corrected chi connectivity index (χ1v) is 8.54. The van der Waals surface area contributed by atoms with Crippen molar-refractivity contribution in [2.24, 2.45) is 0 Å². The molecule has 0 fully saturated rings. The maximum Gasteiger partial charge on any atom is 0.137 e. The van der Waals surface area contributed by atoms with Crippen LogP contribution in [-0.4, -0.2) is 16.2 Å². The summed E-state index contributed by atoms with van der Waals surface area (Å²) in [6.07, 6.45) is 5.72. The number of aromatic amines is 1. The molecule has 0 amide bonds. The molecule has 4 heteroatoms. The maximum absolute atomic E-state index is 5.91. The van der Waals surface area contributed by atoms with Gasteiger partial charge in [-0.2, -0.15) is 11.8 Å². The molecule has 0 saturated carbocycles. The summed E-state index contributed by atoms with van der Waals surface area (Å²) < 4.78 is 5.91. The molecule has 112 valence electrons. The summed E-state index contributed by atoms with van der Waals surface area (Å²) in [7, 11) is 0. The topological polar surface area (TPSA) is 37.9 Å². The highest BCUT2D eigenvalue weighted by Crippen LogP contribution is 2.28. The standard InChI is InChI=1S/C18H18N2OS/c1-22-13-15-11-16(21-12-14-5-3-2-4-6-14)7-8-17(15)18-19-9-10-20-18/h2-11H,12-13H2,1H3,(H,19,20). The molecular weight excluding hydrogens is 292 g/mol. The maximum atomic E-state index is 5.91. The number of aromatic nitrogens is 2. The molecule has 1 heterocycles. The Morgan fingerprint density at radius 1 is 1.14 bits per heavy atom. The molecule has 0 spiro atoms. The summed E-state index contributed by atoms with van der Waals surface area (Å²) in [4.78, 5) is 7.52. The molecule has 1 N–H and O–H groups in total. The average Bonchev–Trinajstić information content (AvgIpc) is 3.09. The van der Waals surface area contributed by atoms with Crippen molar-refractivity contribution in [1.29, 1.82) is 0 Å². The Kier molecular flexibility index (Phi) is 4.81. The van der Waals surface area contributed by atoms with Crippen LogP contribution in [0, 0.1) is 0 Å². The van der Waals surface area contributed by atoms with Gasteiger partial charge in [0, 0.05) is 23.7 Å². The Bertz CT molecular complexity index is 711. The van der Waals surface area contributed by atoms with Gasteiger partial charge in [-0.3, -0.25) is 0 Å². The lowest BCUT2D eigenvalue weighted by Gasteiger charge is -2.11. The fourth-order valence-electron chi connectivity index (χ4n) is 2.32. The molecule has 0 aliphatic heterocycles. The Morgan fingerprint density at radius 2 is 2.00 bits per heavy atom. The van der Waals surface area contributed by atoms with Gasteiger partial charge in [-0.15, -0.1) is 0 Å². The Hall–Kier alpha value is -2.20. The van der Waals surface area contributed by atoms with Gasteiger partial charge in [0.1, 0.15) is 18.2 Å². The Morgan fingerprint density at radius 3 is 2.73 bits per heavy atom. The second kappa shape index (κ2) is 7.18. The molecule has 3 nitrogen and oxygen atoms in total. The van der Waals surface area contributed by atoms with E-state index in [1.54, 1.807) is 18.0 Å². The van der Waals surface area contributed by atoms with Crippen molar-refractivity contribution < 1.29 is 4.74 Å². The van der Waals surface area contributed by atoms with Gasteiger partial charge in [0.05, 0.1) is 0 Å². The molecule has 0 radical (unpaired) electrons. The van der Waals surface area contributed by atoms with E-state index in [0.717, 1.165) is 22.9 Å². The van der Waals surface area contributed by atoms with Gasteiger partial charge in [0.2, 0.25) is 0 Å².